The zero-order chi connectivity index (χ0) is 13.4. The molecule has 2 heterocycles. The van der Waals surface area contributed by atoms with E-state index in [1.54, 1.807) is 16.6 Å². The standard InChI is InChI=1S/C13H10BrFN4/c1-8-4-5-19-12(8)13(16-7-17-19)18-11-3-2-9(14)6-10(11)15/h2-7H,1H3,(H,16,17,18). The van der Waals surface area contributed by atoms with Gasteiger partial charge in [-0.15, -0.1) is 0 Å². The van der Waals surface area contributed by atoms with E-state index in [1.807, 2.05) is 19.2 Å². The number of benzene rings is 1. The fourth-order valence-corrected chi connectivity index (χ4v) is 2.25. The zero-order valence-electron chi connectivity index (χ0n) is 10.1. The van der Waals surface area contributed by atoms with Gasteiger partial charge in [0.15, 0.2) is 5.82 Å². The Balaban J connectivity index is 2.08. The maximum absolute atomic E-state index is 13.8. The molecular formula is C13H10BrFN4. The number of aryl methyl sites for hydroxylation is 1. The Morgan fingerprint density at radius 3 is 2.95 bits per heavy atom. The number of aromatic nitrogens is 3. The van der Waals surface area contributed by atoms with Gasteiger partial charge in [-0.1, -0.05) is 15.9 Å². The molecule has 0 fully saturated rings. The highest BCUT2D eigenvalue weighted by Crippen LogP contribution is 2.25. The third-order valence-electron chi connectivity index (χ3n) is 2.84. The molecule has 0 aliphatic heterocycles. The lowest BCUT2D eigenvalue weighted by Gasteiger charge is -2.09. The molecule has 0 saturated carbocycles. The predicted octanol–water partition coefficient (Wildman–Crippen LogP) is 3.68. The quantitative estimate of drug-likeness (QED) is 0.783. The summed E-state index contributed by atoms with van der Waals surface area (Å²) in [5, 5.41) is 7.11. The minimum atomic E-state index is -0.338. The van der Waals surface area contributed by atoms with Crippen LogP contribution < -0.4 is 5.32 Å². The zero-order valence-corrected chi connectivity index (χ0v) is 11.6. The predicted molar refractivity (Wildman–Crippen MR) is 75.1 cm³/mol. The van der Waals surface area contributed by atoms with Gasteiger partial charge in [-0.25, -0.2) is 13.9 Å². The van der Waals surface area contributed by atoms with Crippen molar-refractivity contribution in [1.29, 1.82) is 0 Å². The van der Waals surface area contributed by atoms with Crippen molar-refractivity contribution in [2.45, 2.75) is 6.92 Å². The normalized spacial score (nSPS) is 10.9. The summed E-state index contributed by atoms with van der Waals surface area (Å²) < 4.78 is 16.2. The van der Waals surface area contributed by atoms with Crippen LogP contribution >= 0.6 is 15.9 Å². The summed E-state index contributed by atoms with van der Waals surface area (Å²) in [7, 11) is 0. The highest BCUT2D eigenvalue weighted by molar-refractivity contribution is 9.10. The maximum Gasteiger partial charge on any atom is 0.158 e. The van der Waals surface area contributed by atoms with E-state index in [4.69, 9.17) is 0 Å². The van der Waals surface area contributed by atoms with Crippen LogP contribution in [0.5, 0.6) is 0 Å². The topological polar surface area (TPSA) is 42.2 Å². The first-order valence-electron chi connectivity index (χ1n) is 5.66. The van der Waals surface area contributed by atoms with Crippen LogP contribution in [0.4, 0.5) is 15.9 Å². The first-order chi connectivity index (χ1) is 9.15. The number of halogens is 2. The Hall–Kier alpha value is -1.95. The van der Waals surface area contributed by atoms with Gasteiger partial charge in [0.1, 0.15) is 17.7 Å². The van der Waals surface area contributed by atoms with Gasteiger partial charge in [-0.05, 0) is 36.8 Å². The number of hydrogen-bond donors (Lipinski definition) is 1. The van der Waals surface area contributed by atoms with Crippen molar-refractivity contribution in [3.05, 3.63) is 52.6 Å². The summed E-state index contributed by atoms with van der Waals surface area (Å²) in [6, 6.07) is 6.78. The summed E-state index contributed by atoms with van der Waals surface area (Å²) in [5.41, 5.74) is 2.25. The van der Waals surface area contributed by atoms with Crippen molar-refractivity contribution in [1.82, 2.24) is 14.6 Å². The van der Waals surface area contributed by atoms with Gasteiger partial charge in [0.25, 0.3) is 0 Å². The molecule has 3 rings (SSSR count). The second-order valence-electron chi connectivity index (χ2n) is 4.15. The molecular weight excluding hydrogens is 311 g/mol. The van der Waals surface area contributed by atoms with E-state index in [-0.39, 0.29) is 5.82 Å². The lowest BCUT2D eigenvalue weighted by Crippen LogP contribution is -2.01. The SMILES string of the molecule is Cc1ccn2ncnc(Nc3ccc(Br)cc3F)c12. The van der Waals surface area contributed by atoms with Crippen LogP contribution in [0.2, 0.25) is 0 Å². The fourth-order valence-electron chi connectivity index (χ4n) is 1.92. The number of hydrogen-bond acceptors (Lipinski definition) is 3. The molecule has 0 atom stereocenters. The highest BCUT2D eigenvalue weighted by atomic mass is 79.9. The Morgan fingerprint density at radius 1 is 1.32 bits per heavy atom. The second kappa shape index (κ2) is 4.62. The molecule has 96 valence electrons. The minimum absolute atomic E-state index is 0.338. The van der Waals surface area contributed by atoms with Gasteiger partial charge in [-0.3, -0.25) is 0 Å². The van der Waals surface area contributed by atoms with Crippen molar-refractivity contribution in [3.8, 4) is 0 Å². The van der Waals surface area contributed by atoms with E-state index in [1.165, 1.54) is 12.4 Å². The van der Waals surface area contributed by atoms with Crippen molar-refractivity contribution >= 4 is 33.0 Å². The Bertz CT molecular complexity index is 753. The fraction of sp³-hybridized carbons (Fsp3) is 0.0769. The maximum atomic E-state index is 13.8. The summed E-state index contributed by atoms with van der Waals surface area (Å²) >= 11 is 3.23. The average molecular weight is 321 g/mol. The molecule has 6 heteroatoms. The molecule has 0 radical (unpaired) electrons. The molecule has 19 heavy (non-hydrogen) atoms. The molecule has 4 nitrogen and oxygen atoms in total. The molecule has 0 spiro atoms. The summed E-state index contributed by atoms with van der Waals surface area (Å²) in [6.07, 6.45) is 3.28. The third kappa shape index (κ3) is 2.19. The van der Waals surface area contributed by atoms with Gasteiger partial charge in [0, 0.05) is 10.7 Å². The van der Waals surface area contributed by atoms with E-state index in [0.717, 1.165) is 11.1 Å². The van der Waals surface area contributed by atoms with Crippen LogP contribution in [0.1, 0.15) is 5.56 Å². The molecule has 2 aromatic heterocycles. The summed E-state index contributed by atoms with van der Waals surface area (Å²) in [5.74, 6) is 0.245. The van der Waals surface area contributed by atoms with Gasteiger partial charge in [-0.2, -0.15) is 5.10 Å². The van der Waals surface area contributed by atoms with Crippen molar-refractivity contribution in [2.24, 2.45) is 0 Å². The number of anilines is 2. The first-order valence-corrected chi connectivity index (χ1v) is 6.45. The Kier molecular flexibility index (Phi) is 2.94. The van der Waals surface area contributed by atoms with Crippen molar-refractivity contribution in [3.63, 3.8) is 0 Å². The largest absolute Gasteiger partial charge is 0.336 e. The van der Waals surface area contributed by atoms with Crippen LogP contribution in [0.15, 0.2) is 41.3 Å². The second-order valence-corrected chi connectivity index (χ2v) is 5.07. The van der Waals surface area contributed by atoms with Crippen LogP contribution in [0.25, 0.3) is 5.52 Å². The summed E-state index contributed by atoms with van der Waals surface area (Å²) in [4.78, 5) is 4.18. The molecule has 0 unspecified atom stereocenters. The van der Waals surface area contributed by atoms with Gasteiger partial charge >= 0.3 is 0 Å². The van der Waals surface area contributed by atoms with Gasteiger partial charge in [0.05, 0.1) is 5.69 Å². The van der Waals surface area contributed by atoms with E-state index >= 15 is 0 Å². The number of rotatable bonds is 2. The van der Waals surface area contributed by atoms with Crippen molar-refractivity contribution in [2.75, 3.05) is 5.32 Å². The minimum Gasteiger partial charge on any atom is -0.336 e. The van der Waals surface area contributed by atoms with Crippen LogP contribution in [-0.4, -0.2) is 14.6 Å². The lowest BCUT2D eigenvalue weighted by molar-refractivity contribution is 0.631. The monoisotopic (exact) mass is 320 g/mol. The Morgan fingerprint density at radius 2 is 2.16 bits per heavy atom. The van der Waals surface area contributed by atoms with E-state index in [9.17, 15) is 4.39 Å². The van der Waals surface area contributed by atoms with Crippen LogP contribution in [0.3, 0.4) is 0 Å². The van der Waals surface area contributed by atoms with Gasteiger partial charge in [0.2, 0.25) is 0 Å². The molecule has 0 saturated heterocycles. The number of fused-ring (bicyclic) bond motifs is 1. The van der Waals surface area contributed by atoms with E-state index < -0.39 is 0 Å². The lowest BCUT2D eigenvalue weighted by atomic mass is 10.3. The third-order valence-corrected chi connectivity index (χ3v) is 3.33. The molecule has 0 aliphatic rings. The molecule has 1 aromatic carbocycles. The van der Waals surface area contributed by atoms with E-state index in [2.05, 4.69) is 31.3 Å². The first kappa shape index (κ1) is 12.1. The molecule has 1 N–H and O–H groups in total. The summed E-state index contributed by atoms with van der Waals surface area (Å²) in [6.45, 7) is 1.96. The van der Waals surface area contributed by atoms with Crippen molar-refractivity contribution < 1.29 is 4.39 Å². The Labute approximate surface area is 117 Å². The molecule has 0 aliphatic carbocycles. The van der Waals surface area contributed by atoms with E-state index in [0.29, 0.717) is 16.0 Å². The molecule has 0 amide bonds. The average Bonchev–Trinajstić information content (AvgIpc) is 2.76. The molecule has 3 aromatic rings. The molecule has 0 bridgehead atoms. The smallest absolute Gasteiger partial charge is 0.158 e. The number of nitrogens with one attached hydrogen (secondary N) is 1. The van der Waals surface area contributed by atoms with Crippen LogP contribution in [0, 0.1) is 12.7 Å². The van der Waals surface area contributed by atoms with Gasteiger partial charge < -0.3 is 5.32 Å². The number of nitrogens with zero attached hydrogens (tertiary/aromatic N) is 3. The van der Waals surface area contributed by atoms with Crippen LogP contribution in [-0.2, 0) is 0 Å². The highest BCUT2D eigenvalue weighted by Gasteiger charge is 2.09.